The van der Waals surface area contributed by atoms with Gasteiger partial charge in [0.2, 0.25) is 6.10 Å². The van der Waals surface area contributed by atoms with E-state index in [1.54, 1.807) is 32.9 Å². The second-order valence-electron chi connectivity index (χ2n) is 7.08. The van der Waals surface area contributed by atoms with Gasteiger partial charge in [0.15, 0.2) is 0 Å². The fourth-order valence-electron chi connectivity index (χ4n) is 2.44. The fourth-order valence-corrected chi connectivity index (χ4v) is 2.44. The van der Waals surface area contributed by atoms with Crippen LogP contribution in [0.15, 0.2) is 53.6 Å². The lowest BCUT2D eigenvalue weighted by molar-refractivity contribution is -0.384. The molecule has 0 saturated carbocycles. The Morgan fingerprint density at radius 1 is 1.17 bits per heavy atom. The first-order valence-electron chi connectivity index (χ1n) is 8.54. The molecule has 150 valence electrons. The minimum atomic E-state index is -1.39. The molecule has 1 N–H and O–H groups in total. The quantitative estimate of drug-likeness (QED) is 0.192. The summed E-state index contributed by atoms with van der Waals surface area (Å²) in [6.45, 7) is 5.29. The van der Waals surface area contributed by atoms with Crippen molar-refractivity contribution in [3.05, 3.63) is 80.2 Å². The average Bonchev–Trinajstić information content (AvgIpc) is 2.65. The normalized spacial score (nSPS) is 11.7. The van der Waals surface area contributed by atoms with E-state index in [1.165, 1.54) is 24.3 Å². The lowest BCUT2D eigenvalue weighted by atomic mass is 10.0. The molecule has 0 heterocycles. The van der Waals surface area contributed by atoms with Crippen molar-refractivity contribution in [2.75, 3.05) is 0 Å². The summed E-state index contributed by atoms with van der Waals surface area (Å²) in [6.07, 6.45) is -1.39. The lowest BCUT2D eigenvalue weighted by Crippen LogP contribution is -2.44. The van der Waals surface area contributed by atoms with Gasteiger partial charge in [0.1, 0.15) is 0 Å². The molecule has 0 aliphatic rings. The van der Waals surface area contributed by atoms with Gasteiger partial charge < -0.3 is 10.1 Å². The van der Waals surface area contributed by atoms with Crippen molar-refractivity contribution in [1.82, 2.24) is 5.32 Å². The van der Waals surface area contributed by atoms with Gasteiger partial charge in [0, 0.05) is 33.8 Å². The molecule has 0 saturated heterocycles. The zero-order valence-corrected chi connectivity index (χ0v) is 16.0. The molecule has 1 atom stereocenters. The Morgan fingerprint density at radius 2 is 1.79 bits per heavy atom. The number of non-ortho nitro benzene ring substituents is 1. The predicted octanol–water partition coefficient (Wildman–Crippen LogP) is 4.35. The highest BCUT2D eigenvalue weighted by atomic mass is 16.6. The van der Waals surface area contributed by atoms with Crippen LogP contribution in [0, 0.1) is 10.1 Å². The third kappa shape index (κ3) is 5.78. The molecule has 1 amide bonds. The first-order chi connectivity index (χ1) is 13.6. The molecule has 2 aromatic rings. The molecule has 0 spiro atoms. The van der Waals surface area contributed by atoms with Gasteiger partial charge in [0.05, 0.1) is 10.5 Å². The largest absolute Gasteiger partial charge is 0.444 e. The Kier molecular flexibility index (Phi) is 6.53. The van der Waals surface area contributed by atoms with Gasteiger partial charge >= 0.3 is 5.97 Å². The Bertz CT molecular complexity index is 975. The summed E-state index contributed by atoms with van der Waals surface area (Å²) in [5.41, 5.74) is 8.37. The molecule has 0 aliphatic carbocycles. The van der Waals surface area contributed by atoms with Crippen molar-refractivity contribution in [1.29, 1.82) is 0 Å². The van der Waals surface area contributed by atoms with Crippen LogP contribution in [0.5, 0.6) is 0 Å². The van der Waals surface area contributed by atoms with E-state index in [0.29, 0.717) is 0 Å². The van der Waals surface area contributed by atoms with Crippen LogP contribution in [0.3, 0.4) is 0 Å². The van der Waals surface area contributed by atoms with Crippen molar-refractivity contribution in [3.63, 3.8) is 0 Å². The van der Waals surface area contributed by atoms with Crippen molar-refractivity contribution in [3.8, 4) is 0 Å². The van der Waals surface area contributed by atoms with Crippen LogP contribution in [0.4, 0.5) is 11.4 Å². The Hall–Kier alpha value is -3.91. The number of carbonyl (C=O) groups is 2. The molecular weight excluding hydrogens is 378 g/mol. The summed E-state index contributed by atoms with van der Waals surface area (Å²) >= 11 is 0. The molecule has 0 radical (unpaired) electrons. The van der Waals surface area contributed by atoms with Gasteiger partial charge in [-0.1, -0.05) is 29.4 Å². The van der Waals surface area contributed by atoms with E-state index in [2.05, 4.69) is 15.3 Å². The van der Waals surface area contributed by atoms with E-state index in [1.807, 2.05) is 0 Å². The molecule has 29 heavy (non-hydrogen) atoms. The highest BCUT2D eigenvalue weighted by Crippen LogP contribution is 2.30. The van der Waals surface area contributed by atoms with Crippen LogP contribution in [0.1, 0.15) is 42.8 Å². The van der Waals surface area contributed by atoms with Gasteiger partial charge in [-0.05, 0) is 38.4 Å². The molecule has 1 unspecified atom stereocenters. The average molecular weight is 397 g/mol. The summed E-state index contributed by atoms with van der Waals surface area (Å²) in [5.74, 6) is -1.46. The topological polar surface area (TPSA) is 147 Å². The summed E-state index contributed by atoms with van der Waals surface area (Å²) < 4.78 is 5.41. The van der Waals surface area contributed by atoms with Gasteiger partial charge in [-0.15, -0.1) is 0 Å². The highest BCUT2D eigenvalue weighted by Gasteiger charge is 2.30. The van der Waals surface area contributed by atoms with Crippen LogP contribution < -0.4 is 5.32 Å². The van der Waals surface area contributed by atoms with Gasteiger partial charge in [-0.3, -0.25) is 14.9 Å². The minimum absolute atomic E-state index is 0.0328. The molecule has 10 nitrogen and oxygen atoms in total. The second-order valence-corrected chi connectivity index (χ2v) is 7.08. The third-order valence-electron chi connectivity index (χ3n) is 3.65. The molecule has 0 bridgehead atoms. The number of carbonyl (C=O) groups excluding carboxylic acids is 2. The standard InChI is InChI=1S/C19H19N5O5/c1-19(2,3)21-17(25)16(14-6-4-5-7-15(14)22-23-20)29-18(26)12-8-10-13(11-9-12)24(27)28/h4-11,16H,1-3H3,(H,21,25). The van der Waals surface area contributed by atoms with E-state index in [9.17, 15) is 19.7 Å². The third-order valence-corrected chi connectivity index (χ3v) is 3.65. The Balaban J connectivity index is 2.40. The van der Waals surface area contributed by atoms with E-state index >= 15 is 0 Å². The maximum atomic E-state index is 12.8. The number of esters is 1. The van der Waals surface area contributed by atoms with Gasteiger partial charge in [-0.2, -0.15) is 0 Å². The lowest BCUT2D eigenvalue weighted by Gasteiger charge is -2.25. The number of nitro groups is 1. The summed E-state index contributed by atoms with van der Waals surface area (Å²) in [6, 6.07) is 11.0. The van der Waals surface area contributed by atoms with Crippen molar-refractivity contribution < 1.29 is 19.2 Å². The van der Waals surface area contributed by atoms with Crippen LogP contribution >= 0.6 is 0 Å². The Morgan fingerprint density at radius 3 is 2.34 bits per heavy atom. The monoisotopic (exact) mass is 397 g/mol. The zero-order chi connectivity index (χ0) is 21.6. The fraction of sp³-hybridized carbons (Fsp3) is 0.263. The van der Waals surface area contributed by atoms with Crippen molar-refractivity contribution in [2.24, 2.45) is 5.11 Å². The van der Waals surface area contributed by atoms with Crippen LogP contribution in [0.25, 0.3) is 10.4 Å². The van der Waals surface area contributed by atoms with Crippen LogP contribution in [0.2, 0.25) is 0 Å². The van der Waals surface area contributed by atoms with E-state index in [4.69, 9.17) is 10.3 Å². The van der Waals surface area contributed by atoms with Gasteiger partial charge in [-0.25, -0.2) is 4.79 Å². The first kappa shape index (κ1) is 21.4. The van der Waals surface area contributed by atoms with Crippen molar-refractivity contribution >= 4 is 23.3 Å². The molecular formula is C19H19N5O5. The predicted molar refractivity (Wildman–Crippen MR) is 104 cm³/mol. The first-order valence-corrected chi connectivity index (χ1v) is 8.54. The van der Waals surface area contributed by atoms with Crippen LogP contribution in [-0.2, 0) is 9.53 Å². The molecule has 10 heteroatoms. The number of nitrogens with one attached hydrogen (secondary N) is 1. The molecule has 0 aliphatic heterocycles. The zero-order valence-electron chi connectivity index (χ0n) is 16.0. The number of hydrogen-bond donors (Lipinski definition) is 1. The van der Waals surface area contributed by atoms with E-state index in [0.717, 1.165) is 12.1 Å². The number of hydrogen-bond acceptors (Lipinski definition) is 6. The number of ether oxygens (including phenoxy) is 1. The summed E-state index contributed by atoms with van der Waals surface area (Å²) in [4.78, 5) is 38.3. The Labute approximate surface area is 166 Å². The number of nitro benzene ring substituents is 1. The van der Waals surface area contributed by atoms with E-state index < -0.39 is 28.4 Å². The smallest absolute Gasteiger partial charge is 0.339 e. The summed E-state index contributed by atoms with van der Waals surface area (Å²) in [7, 11) is 0. The molecule has 0 aromatic heterocycles. The highest BCUT2D eigenvalue weighted by molar-refractivity contribution is 5.93. The van der Waals surface area contributed by atoms with Crippen molar-refractivity contribution in [2.45, 2.75) is 32.4 Å². The molecule has 2 aromatic carbocycles. The number of rotatable bonds is 6. The number of benzene rings is 2. The molecule has 0 fully saturated rings. The minimum Gasteiger partial charge on any atom is -0.444 e. The van der Waals surface area contributed by atoms with Crippen LogP contribution in [-0.4, -0.2) is 22.3 Å². The second kappa shape index (κ2) is 8.85. The summed E-state index contributed by atoms with van der Waals surface area (Å²) in [5, 5.41) is 17.0. The molecule has 2 rings (SSSR count). The van der Waals surface area contributed by atoms with E-state index in [-0.39, 0.29) is 22.5 Å². The van der Waals surface area contributed by atoms with Gasteiger partial charge in [0.25, 0.3) is 11.6 Å². The number of nitrogens with zero attached hydrogens (tertiary/aromatic N) is 4. The SMILES string of the molecule is CC(C)(C)NC(=O)C(OC(=O)c1ccc([N+](=O)[O-])cc1)c1ccccc1N=[N+]=[N-]. The maximum Gasteiger partial charge on any atom is 0.339 e. The maximum absolute atomic E-state index is 12.8. The number of amides is 1. The number of azide groups is 1.